The number of aromatic nitrogens is 1. The van der Waals surface area contributed by atoms with E-state index in [4.69, 9.17) is 0 Å². The van der Waals surface area contributed by atoms with Gasteiger partial charge in [-0.1, -0.05) is 24.3 Å². The predicted octanol–water partition coefficient (Wildman–Crippen LogP) is 2.18. The van der Waals surface area contributed by atoms with Gasteiger partial charge in [-0.05, 0) is 5.56 Å². The van der Waals surface area contributed by atoms with Crippen molar-refractivity contribution < 1.29 is 19.8 Å². The molecule has 150 valence electrons. The predicted molar refractivity (Wildman–Crippen MR) is 110 cm³/mol. The fourth-order valence-electron chi connectivity index (χ4n) is 4.23. The van der Waals surface area contributed by atoms with Crippen molar-refractivity contribution in [2.24, 2.45) is 0 Å². The highest BCUT2D eigenvalue weighted by molar-refractivity contribution is 6.32. The Bertz CT molecular complexity index is 1150. The molecule has 1 saturated heterocycles. The largest absolute Gasteiger partial charge is 0.506 e. The molecule has 5 rings (SSSR count). The summed E-state index contributed by atoms with van der Waals surface area (Å²) in [4.78, 5) is 31.6. The van der Waals surface area contributed by atoms with Gasteiger partial charge in [0.15, 0.2) is 5.78 Å². The van der Waals surface area contributed by atoms with E-state index < -0.39 is 11.6 Å². The zero-order valence-electron chi connectivity index (χ0n) is 15.5. The van der Waals surface area contributed by atoms with Crippen LogP contribution >= 0.6 is 12.4 Å². The number of H-pyrrole nitrogens is 1. The molecule has 1 fully saturated rings. The summed E-state index contributed by atoms with van der Waals surface area (Å²) in [6.45, 7) is 4.01. The van der Waals surface area contributed by atoms with Crippen LogP contribution in [0.3, 0.4) is 0 Å². The summed E-state index contributed by atoms with van der Waals surface area (Å²) in [7, 11) is 0. The van der Waals surface area contributed by atoms with Crippen molar-refractivity contribution in [3.05, 3.63) is 58.4 Å². The highest BCUT2D eigenvalue weighted by atomic mass is 35.5. The molecule has 1 aliphatic heterocycles. The number of phenols is 2. The number of nitrogens with zero attached hydrogens (tertiary/aromatic N) is 1. The molecule has 0 radical (unpaired) electrons. The topological polar surface area (TPSA) is 106 Å². The van der Waals surface area contributed by atoms with Crippen LogP contribution in [0, 0.1) is 0 Å². The molecule has 8 heteroatoms. The second kappa shape index (κ2) is 7.18. The van der Waals surface area contributed by atoms with E-state index >= 15 is 0 Å². The maximum atomic E-state index is 13.3. The number of aromatic hydroxyl groups is 2. The van der Waals surface area contributed by atoms with Crippen molar-refractivity contribution in [2.45, 2.75) is 6.54 Å². The van der Waals surface area contributed by atoms with Gasteiger partial charge in [0.2, 0.25) is 5.78 Å². The fourth-order valence-corrected chi connectivity index (χ4v) is 4.23. The van der Waals surface area contributed by atoms with E-state index in [1.165, 1.54) is 0 Å². The third-order valence-corrected chi connectivity index (χ3v) is 5.63. The molecule has 0 saturated carbocycles. The van der Waals surface area contributed by atoms with Gasteiger partial charge in [0.05, 0.1) is 22.4 Å². The number of nitrogens with one attached hydrogen (secondary N) is 2. The first-order valence-corrected chi connectivity index (χ1v) is 9.27. The monoisotopic (exact) mass is 413 g/mol. The highest BCUT2D eigenvalue weighted by Crippen LogP contribution is 2.44. The Morgan fingerprint density at radius 1 is 0.897 bits per heavy atom. The smallest absolute Gasteiger partial charge is 0.214 e. The van der Waals surface area contributed by atoms with Gasteiger partial charge in [-0.25, -0.2) is 0 Å². The molecule has 0 bridgehead atoms. The highest BCUT2D eigenvalue weighted by Gasteiger charge is 2.38. The lowest BCUT2D eigenvalue weighted by Gasteiger charge is -2.27. The average Bonchev–Trinajstić information content (AvgIpc) is 3.14. The molecule has 2 heterocycles. The van der Waals surface area contributed by atoms with Crippen LogP contribution < -0.4 is 5.32 Å². The van der Waals surface area contributed by atoms with E-state index in [1.807, 2.05) is 0 Å². The summed E-state index contributed by atoms with van der Waals surface area (Å²) in [5, 5.41) is 25.4. The van der Waals surface area contributed by atoms with Crippen molar-refractivity contribution in [3.63, 3.8) is 0 Å². The zero-order valence-corrected chi connectivity index (χ0v) is 16.3. The molecule has 1 aromatic heterocycles. The van der Waals surface area contributed by atoms with E-state index in [1.54, 1.807) is 30.5 Å². The Labute approximate surface area is 172 Å². The van der Waals surface area contributed by atoms with Crippen LogP contribution in [0.25, 0.3) is 10.8 Å². The Morgan fingerprint density at radius 2 is 1.48 bits per heavy atom. The maximum Gasteiger partial charge on any atom is 0.214 e. The lowest BCUT2D eigenvalue weighted by molar-refractivity contribution is 0.0971. The number of rotatable bonds is 2. The molecule has 2 aliphatic rings. The van der Waals surface area contributed by atoms with Crippen LogP contribution in [0.15, 0.2) is 30.5 Å². The van der Waals surface area contributed by atoms with Gasteiger partial charge in [-0.3, -0.25) is 14.5 Å². The first-order valence-electron chi connectivity index (χ1n) is 9.27. The van der Waals surface area contributed by atoms with Gasteiger partial charge in [-0.2, -0.15) is 0 Å². The number of hydrogen-bond acceptors (Lipinski definition) is 6. The Hall–Kier alpha value is -2.87. The third kappa shape index (κ3) is 2.81. The first kappa shape index (κ1) is 19.4. The molecule has 4 N–H and O–H groups in total. The number of ketones is 2. The molecule has 29 heavy (non-hydrogen) atoms. The number of carbonyl (C=O) groups is 2. The SMILES string of the molecule is Cl.O=C1c2[nH]cc(CN3CCNCC3)c2C(=O)c2c1c(O)c1ccccc1c2O. The molecule has 0 atom stereocenters. The fraction of sp³-hybridized carbons (Fsp3) is 0.238. The number of piperazine rings is 1. The third-order valence-electron chi connectivity index (χ3n) is 5.63. The van der Waals surface area contributed by atoms with Gasteiger partial charge < -0.3 is 20.5 Å². The number of hydrogen-bond donors (Lipinski definition) is 4. The molecular formula is C21H20ClN3O4. The zero-order chi connectivity index (χ0) is 19.4. The van der Waals surface area contributed by atoms with Crippen molar-refractivity contribution in [1.29, 1.82) is 0 Å². The summed E-state index contributed by atoms with van der Waals surface area (Å²) in [5.74, 6) is -1.45. The van der Waals surface area contributed by atoms with Gasteiger partial charge in [0.25, 0.3) is 0 Å². The van der Waals surface area contributed by atoms with Crippen molar-refractivity contribution in [2.75, 3.05) is 26.2 Å². The summed E-state index contributed by atoms with van der Waals surface area (Å²) in [6.07, 6.45) is 1.68. The first-order chi connectivity index (χ1) is 13.6. The molecule has 1 aliphatic carbocycles. The normalized spacial score (nSPS) is 16.4. The molecule has 0 amide bonds. The van der Waals surface area contributed by atoms with Crippen LogP contribution in [-0.2, 0) is 6.54 Å². The van der Waals surface area contributed by atoms with Crippen LogP contribution in [0.1, 0.15) is 37.5 Å². The van der Waals surface area contributed by atoms with Crippen molar-refractivity contribution >= 4 is 34.7 Å². The summed E-state index contributed by atoms with van der Waals surface area (Å²) < 4.78 is 0. The van der Waals surface area contributed by atoms with E-state index in [0.29, 0.717) is 22.9 Å². The number of benzene rings is 2. The standard InChI is InChI=1S/C21H19N3O4.ClH/c25-18-12-3-1-2-4-13(12)19(26)16-15(18)20(27)14-11(9-23-17(14)21(16)28)10-24-7-5-22-6-8-24;/h1-4,9,22-23,25-26H,5-8,10H2;1H. The minimum absolute atomic E-state index is 0. The van der Waals surface area contributed by atoms with Crippen molar-refractivity contribution in [3.8, 4) is 11.5 Å². The second-order valence-corrected chi connectivity index (χ2v) is 7.24. The Balaban J connectivity index is 0.00000205. The second-order valence-electron chi connectivity index (χ2n) is 7.24. The summed E-state index contributed by atoms with van der Waals surface area (Å²) in [5.41, 5.74) is 0.945. The summed E-state index contributed by atoms with van der Waals surface area (Å²) in [6, 6.07) is 6.65. The average molecular weight is 414 g/mol. The number of fused-ring (bicyclic) bond motifs is 3. The van der Waals surface area contributed by atoms with Crippen LogP contribution in [0.4, 0.5) is 0 Å². The van der Waals surface area contributed by atoms with Gasteiger partial charge in [0, 0.05) is 49.7 Å². The quantitative estimate of drug-likeness (QED) is 0.375. The molecule has 3 aromatic rings. The minimum Gasteiger partial charge on any atom is -0.506 e. The summed E-state index contributed by atoms with van der Waals surface area (Å²) >= 11 is 0. The van der Waals surface area contributed by atoms with Crippen LogP contribution in [0.2, 0.25) is 0 Å². The van der Waals surface area contributed by atoms with E-state index in [9.17, 15) is 19.8 Å². The van der Waals surface area contributed by atoms with E-state index in [-0.39, 0.29) is 40.7 Å². The van der Waals surface area contributed by atoms with E-state index in [0.717, 1.165) is 31.7 Å². The number of phenolic OH excluding ortho intramolecular Hbond substituents is 2. The number of carbonyl (C=O) groups excluding carboxylic acids is 2. The maximum absolute atomic E-state index is 13.3. The number of aromatic amines is 1. The van der Waals surface area contributed by atoms with Crippen LogP contribution in [0.5, 0.6) is 11.5 Å². The number of halogens is 1. The van der Waals surface area contributed by atoms with Gasteiger partial charge >= 0.3 is 0 Å². The molecule has 0 unspecified atom stereocenters. The molecule has 0 spiro atoms. The Kier molecular flexibility index (Phi) is 4.82. The van der Waals surface area contributed by atoms with Gasteiger partial charge in [0.1, 0.15) is 11.5 Å². The van der Waals surface area contributed by atoms with E-state index in [2.05, 4.69) is 15.2 Å². The molecule has 2 aromatic carbocycles. The lowest BCUT2D eigenvalue weighted by Crippen LogP contribution is -2.43. The lowest BCUT2D eigenvalue weighted by atomic mass is 9.83. The molecular weight excluding hydrogens is 394 g/mol. The minimum atomic E-state index is -0.477. The molecule has 7 nitrogen and oxygen atoms in total. The van der Waals surface area contributed by atoms with Gasteiger partial charge in [-0.15, -0.1) is 12.4 Å². The van der Waals surface area contributed by atoms with Crippen molar-refractivity contribution in [1.82, 2.24) is 15.2 Å². The van der Waals surface area contributed by atoms with Crippen LogP contribution in [-0.4, -0.2) is 57.8 Å². The Morgan fingerprint density at radius 3 is 2.10 bits per heavy atom.